The molecular weight excluding hydrogens is 252 g/mol. The number of nitrogen functional groups attached to an aromatic ring is 1. The minimum absolute atomic E-state index is 0.0180. The van der Waals surface area contributed by atoms with Crippen LogP contribution in [0.25, 0.3) is 0 Å². The second kappa shape index (κ2) is 7.63. The second-order valence-electron chi connectivity index (χ2n) is 3.88. The van der Waals surface area contributed by atoms with E-state index in [9.17, 15) is 10.2 Å². The topological polar surface area (TPSA) is 181 Å². The molecule has 0 bridgehead atoms. The van der Waals surface area contributed by atoms with E-state index >= 15 is 0 Å². The van der Waals surface area contributed by atoms with Crippen LogP contribution in [0.4, 0.5) is 17.8 Å². The average Bonchev–Trinajstić information content (AvgIpc) is 2.41. The summed E-state index contributed by atoms with van der Waals surface area (Å²) in [6.07, 6.45) is -1.40. The summed E-state index contributed by atoms with van der Waals surface area (Å²) in [5.41, 5.74) is 16.1. The lowest BCUT2D eigenvalue weighted by molar-refractivity contribution is 0.196. The van der Waals surface area contributed by atoms with Gasteiger partial charge in [-0.15, -0.1) is 0 Å². The van der Waals surface area contributed by atoms with E-state index in [0.29, 0.717) is 0 Å². The van der Waals surface area contributed by atoms with Gasteiger partial charge in [0, 0.05) is 26.2 Å². The van der Waals surface area contributed by atoms with Crippen LogP contribution in [0.2, 0.25) is 0 Å². The van der Waals surface area contributed by atoms with Crippen LogP contribution in [-0.2, 0) is 0 Å². The molecule has 0 aliphatic carbocycles. The van der Waals surface area contributed by atoms with Gasteiger partial charge < -0.3 is 38.0 Å². The highest BCUT2D eigenvalue weighted by Crippen LogP contribution is 2.06. The molecule has 1 rings (SSSR count). The van der Waals surface area contributed by atoms with Crippen LogP contribution in [0.1, 0.15) is 0 Å². The minimum Gasteiger partial charge on any atom is -0.390 e. The fourth-order valence-corrected chi connectivity index (χ4v) is 1.14. The molecular formula is C9H20N8O2. The fourth-order valence-electron chi connectivity index (χ4n) is 1.14. The highest BCUT2D eigenvalue weighted by atomic mass is 16.3. The van der Waals surface area contributed by atoms with Crippen molar-refractivity contribution >= 4 is 17.8 Å². The molecule has 1 aromatic heterocycles. The van der Waals surface area contributed by atoms with Crippen LogP contribution in [0.3, 0.4) is 0 Å². The van der Waals surface area contributed by atoms with Crippen molar-refractivity contribution in [1.29, 1.82) is 0 Å². The normalized spacial score (nSPS) is 13.9. The third-order valence-corrected chi connectivity index (χ3v) is 2.19. The van der Waals surface area contributed by atoms with E-state index in [1.807, 2.05) is 0 Å². The molecule has 0 aromatic carbocycles. The van der Waals surface area contributed by atoms with E-state index in [4.69, 9.17) is 17.2 Å². The lowest BCUT2D eigenvalue weighted by Gasteiger charge is -2.12. The number of rotatable bonds is 8. The highest BCUT2D eigenvalue weighted by Gasteiger charge is 2.07. The number of anilines is 3. The third kappa shape index (κ3) is 5.61. The Kier molecular flexibility index (Phi) is 6.15. The lowest BCUT2D eigenvalue weighted by Crippen LogP contribution is -2.29. The summed E-state index contributed by atoms with van der Waals surface area (Å²) < 4.78 is 0. The Hall–Kier alpha value is -1.75. The van der Waals surface area contributed by atoms with E-state index in [2.05, 4.69) is 25.6 Å². The summed E-state index contributed by atoms with van der Waals surface area (Å²) in [6.45, 7) is 0.651. The second-order valence-corrected chi connectivity index (χ2v) is 3.88. The number of hydrogen-bond donors (Lipinski definition) is 7. The quantitative estimate of drug-likeness (QED) is 0.256. The molecule has 10 nitrogen and oxygen atoms in total. The molecule has 2 atom stereocenters. The molecule has 0 aliphatic rings. The molecule has 10 heteroatoms. The molecule has 0 spiro atoms. The number of nitrogens with two attached hydrogens (primary N) is 3. The van der Waals surface area contributed by atoms with E-state index in [1.165, 1.54) is 0 Å². The van der Waals surface area contributed by atoms with Gasteiger partial charge in [0.05, 0.1) is 12.2 Å². The summed E-state index contributed by atoms with van der Waals surface area (Å²) in [5.74, 6) is 0.443. The maximum Gasteiger partial charge on any atom is 0.229 e. The SMILES string of the molecule is NCC(O)CNc1nc(N)nc(NCC(O)CN)n1. The van der Waals surface area contributed by atoms with E-state index < -0.39 is 12.2 Å². The van der Waals surface area contributed by atoms with Crippen molar-refractivity contribution in [2.75, 3.05) is 42.5 Å². The zero-order valence-electron chi connectivity index (χ0n) is 10.5. The van der Waals surface area contributed by atoms with Gasteiger partial charge in [-0.2, -0.15) is 15.0 Å². The Morgan fingerprint density at radius 3 is 1.68 bits per heavy atom. The predicted octanol–water partition coefficient (Wildman–Crippen LogP) is -3.08. The van der Waals surface area contributed by atoms with Gasteiger partial charge in [0.25, 0.3) is 0 Å². The van der Waals surface area contributed by atoms with Gasteiger partial charge in [0.15, 0.2) is 0 Å². The van der Waals surface area contributed by atoms with E-state index in [0.717, 1.165) is 0 Å². The van der Waals surface area contributed by atoms with Crippen LogP contribution in [-0.4, -0.2) is 63.6 Å². The first-order valence-corrected chi connectivity index (χ1v) is 5.80. The van der Waals surface area contributed by atoms with Crippen LogP contribution in [0.15, 0.2) is 0 Å². The largest absolute Gasteiger partial charge is 0.390 e. The summed E-state index contributed by atoms with van der Waals surface area (Å²) in [6, 6.07) is 0. The van der Waals surface area contributed by atoms with Gasteiger partial charge in [-0.1, -0.05) is 0 Å². The zero-order valence-corrected chi connectivity index (χ0v) is 10.5. The molecule has 19 heavy (non-hydrogen) atoms. The van der Waals surface area contributed by atoms with E-state index in [-0.39, 0.29) is 44.0 Å². The Morgan fingerprint density at radius 2 is 1.32 bits per heavy atom. The highest BCUT2D eigenvalue weighted by molar-refractivity contribution is 5.39. The molecule has 1 aromatic rings. The Balaban J connectivity index is 2.60. The summed E-state index contributed by atoms with van der Waals surface area (Å²) in [7, 11) is 0. The van der Waals surface area contributed by atoms with Crippen LogP contribution in [0, 0.1) is 0 Å². The van der Waals surface area contributed by atoms with Crippen LogP contribution < -0.4 is 27.8 Å². The predicted molar refractivity (Wildman–Crippen MR) is 71.3 cm³/mol. The molecule has 2 unspecified atom stereocenters. The maximum atomic E-state index is 9.31. The average molecular weight is 272 g/mol. The molecule has 0 saturated heterocycles. The van der Waals surface area contributed by atoms with Crippen LogP contribution >= 0.6 is 0 Å². The molecule has 108 valence electrons. The lowest BCUT2D eigenvalue weighted by atomic mass is 10.3. The first-order valence-electron chi connectivity index (χ1n) is 5.80. The fraction of sp³-hybridized carbons (Fsp3) is 0.667. The standard InChI is InChI=1S/C9H20N8O2/c10-1-5(18)3-13-8-15-7(12)16-9(17-8)14-4-6(19)2-11/h5-6,18-19H,1-4,10-11H2,(H4,12,13,14,15,16,17). The van der Waals surface area contributed by atoms with Crippen molar-refractivity contribution in [3.63, 3.8) is 0 Å². The molecule has 10 N–H and O–H groups in total. The molecule has 1 heterocycles. The van der Waals surface area contributed by atoms with Crippen molar-refractivity contribution in [2.45, 2.75) is 12.2 Å². The number of nitrogens with zero attached hydrogens (tertiary/aromatic N) is 3. The number of aliphatic hydroxyl groups excluding tert-OH is 2. The Morgan fingerprint density at radius 1 is 0.895 bits per heavy atom. The zero-order chi connectivity index (χ0) is 14.3. The van der Waals surface area contributed by atoms with Gasteiger partial charge >= 0.3 is 0 Å². The molecule has 0 saturated carbocycles. The van der Waals surface area contributed by atoms with Crippen molar-refractivity contribution in [3.05, 3.63) is 0 Å². The van der Waals surface area contributed by atoms with E-state index in [1.54, 1.807) is 0 Å². The number of nitrogens with one attached hydrogen (secondary N) is 2. The number of aliphatic hydroxyl groups is 2. The van der Waals surface area contributed by atoms with Gasteiger partial charge in [0.1, 0.15) is 0 Å². The Labute approximate surface area is 110 Å². The Bertz CT molecular complexity index is 358. The first-order chi connectivity index (χ1) is 9.05. The minimum atomic E-state index is -0.700. The number of hydrogen-bond acceptors (Lipinski definition) is 10. The van der Waals surface area contributed by atoms with Crippen molar-refractivity contribution in [3.8, 4) is 0 Å². The monoisotopic (exact) mass is 272 g/mol. The summed E-state index contributed by atoms with van der Waals surface area (Å²) in [5, 5.41) is 24.2. The molecule has 0 aliphatic heterocycles. The number of aromatic nitrogens is 3. The maximum absolute atomic E-state index is 9.31. The molecule has 0 amide bonds. The smallest absolute Gasteiger partial charge is 0.229 e. The summed E-state index contributed by atoms with van der Waals surface area (Å²) in [4.78, 5) is 11.7. The summed E-state index contributed by atoms with van der Waals surface area (Å²) >= 11 is 0. The van der Waals surface area contributed by atoms with Gasteiger partial charge in [-0.05, 0) is 0 Å². The first kappa shape index (κ1) is 15.3. The van der Waals surface area contributed by atoms with Gasteiger partial charge in [-0.3, -0.25) is 0 Å². The van der Waals surface area contributed by atoms with Crippen LogP contribution in [0.5, 0.6) is 0 Å². The third-order valence-electron chi connectivity index (χ3n) is 2.19. The van der Waals surface area contributed by atoms with Crippen molar-refractivity contribution < 1.29 is 10.2 Å². The van der Waals surface area contributed by atoms with Gasteiger partial charge in [-0.25, -0.2) is 0 Å². The molecule has 0 radical (unpaired) electrons. The molecule has 0 fully saturated rings. The van der Waals surface area contributed by atoms with Crippen molar-refractivity contribution in [2.24, 2.45) is 11.5 Å². The van der Waals surface area contributed by atoms with Gasteiger partial charge in [0.2, 0.25) is 17.8 Å². The van der Waals surface area contributed by atoms with Crippen molar-refractivity contribution in [1.82, 2.24) is 15.0 Å².